The van der Waals surface area contributed by atoms with Crippen LogP contribution in [0.3, 0.4) is 0 Å². The average Bonchev–Trinajstić information content (AvgIpc) is 2.66. The zero-order valence-corrected chi connectivity index (χ0v) is 14.4. The van der Waals surface area contributed by atoms with E-state index in [0.29, 0.717) is 38.4 Å². The van der Waals surface area contributed by atoms with Crippen molar-refractivity contribution in [2.45, 2.75) is 18.9 Å². The van der Waals surface area contributed by atoms with Gasteiger partial charge in [-0.1, -0.05) is 0 Å². The highest BCUT2D eigenvalue weighted by atomic mass is 19.4. The lowest BCUT2D eigenvalue weighted by atomic mass is 10.0. The van der Waals surface area contributed by atoms with Crippen LogP contribution in [0.1, 0.15) is 16.7 Å². The maximum absolute atomic E-state index is 12.9. The Labute approximate surface area is 156 Å². The van der Waals surface area contributed by atoms with Crippen molar-refractivity contribution in [1.82, 2.24) is 9.97 Å². The third-order valence-corrected chi connectivity index (χ3v) is 4.11. The summed E-state index contributed by atoms with van der Waals surface area (Å²) in [5, 5.41) is 2.65. The second kappa shape index (κ2) is 7.82. The molecule has 0 saturated carbocycles. The SMILES string of the molecule is FC(F)(F)c1cc(CNc2ncc(N3CCOCC3)cn2)cc(C(F)(F)F)c1. The Morgan fingerprint density at radius 2 is 1.43 bits per heavy atom. The van der Waals surface area contributed by atoms with Crippen molar-refractivity contribution in [3.05, 3.63) is 47.3 Å². The van der Waals surface area contributed by atoms with E-state index in [1.54, 1.807) is 0 Å². The van der Waals surface area contributed by atoms with Crippen LogP contribution in [0, 0.1) is 0 Å². The molecule has 5 nitrogen and oxygen atoms in total. The first-order chi connectivity index (χ1) is 13.1. The van der Waals surface area contributed by atoms with Crippen molar-refractivity contribution in [1.29, 1.82) is 0 Å². The topological polar surface area (TPSA) is 50.3 Å². The van der Waals surface area contributed by atoms with Crippen LogP contribution in [0.15, 0.2) is 30.6 Å². The van der Waals surface area contributed by atoms with Crippen LogP contribution in [0.4, 0.5) is 38.0 Å². The highest BCUT2D eigenvalue weighted by Crippen LogP contribution is 2.36. The van der Waals surface area contributed by atoms with Crippen LogP contribution in [0.2, 0.25) is 0 Å². The predicted octanol–water partition coefficient (Wildman–Crippen LogP) is 3.96. The molecule has 1 aromatic carbocycles. The number of nitrogens with zero attached hydrogens (tertiary/aromatic N) is 3. The van der Waals surface area contributed by atoms with Crippen LogP contribution >= 0.6 is 0 Å². The lowest BCUT2D eigenvalue weighted by Gasteiger charge is -2.28. The number of hydrogen-bond donors (Lipinski definition) is 1. The number of anilines is 2. The van der Waals surface area contributed by atoms with E-state index >= 15 is 0 Å². The summed E-state index contributed by atoms with van der Waals surface area (Å²) in [5.74, 6) is 0.1000. The van der Waals surface area contributed by atoms with Crippen molar-refractivity contribution in [3.8, 4) is 0 Å². The summed E-state index contributed by atoms with van der Waals surface area (Å²) in [4.78, 5) is 10.1. The standard InChI is InChI=1S/C17H16F6N4O/c18-16(19,20)12-5-11(6-13(7-12)17(21,22)23)8-24-15-25-9-14(10-26-15)27-1-3-28-4-2-27/h5-7,9-10H,1-4,8H2,(H,24,25,26). The van der Waals surface area contributed by atoms with Gasteiger partial charge in [-0.15, -0.1) is 0 Å². The van der Waals surface area contributed by atoms with Crippen molar-refractivity contribution in [3.63, 3.8) is 0 Å². The van der Waals surface area contributed by atoms with Crippen LogP contribution in [0.5, 0.6) is 0 Å². The third-order valence-electron chi connectivity index (χ3n) is 4.11. The maximum atomic E-state index is 12.9. The molecule has 1 aromatic heterocycles. The Hall–Kier alpha value is -2.56. The lowest BCUT2D eigenvalue weighted by molar-refractivity contribution is -0.143. The fraction of sp³-hybridized carbons (Fsp3) is 0.412. The van der Waals surface area contributed by atoms with E-state index in [4.69, 9.17) is 4.74 Å². The molecule has 0 unspecified atom stereocenters. The van der Waals surface area contributed by atoms with Crippen molar-refractivity contribution in [2.75, 3.05) is 36.5 Å². The van der Waals surface area contributed by atoms with Crippen molar-refractivity contribution >= 4 is 11.6 Å². The number of ether oxygens (including phenoxy) is 1. The second-order valence-electron chi connectivity index (χ2n) is 6.13. The minimum Gasteiger partial charge on any atom is -0.378 e. The van der Waals surface area contributed by atoms with Crippen LogP contribution in [-0.2, 0) is 23.6 Å². The van der Waals surface area contributed by atoms with Gasteiger partial charge >= 0.3 is 12.4 Å². The number of aromatic nitrogens is 2. The fourth-order valence-corrected chi connectivity index (χ4v) is 2.70. The van der Waals surface area contributed by atoms with Gasteiger partial charge in [0.2, 0.25) is 5.95 Å². The fourth-order valence-electron chi connectivity index (χ4n) is 2.70. The molecule has 2 aromatic rings. The molecule has 1 N–H and O–H groups in total. The van der Waals surface area contributed by atoms with Crippen molar-refractivity contribution < 1.29 is 31.1 Å². The molecule has 0 atom stereocenters. The van der Waals surface area contributed by atoms with Crippen molar-refractivity contribution in [2.24, 2.45) is 0 Å². The summed E-state index contributed by atoms with van der Waals surface area (Å²) in [6, 6.07) is 1.44. The average molecular weight is 406 g/mol. The minimum absolute atomic E-state index is 0.0944. The lowest BCUT2D eigenvalue weighted by Crippen LogP contribution is -2.36. The molecule has 152 valence electrons. The first kappa shape index (κ1) is 20.2. The van der Waals surface area contributed by atoms with Gasteiger partial charge in [-0.3, -0.25) is 0 Å². The monoisotopic (exact) mass is 406 g/mol. The Kier molecular flexibility index (Phi) is 5.64. The molecule has 3 rings (SSSR count). The molecule has 28 heavy (non-hydrogen) atoms. The summed E-state index contributed by atoms with van der Waals surface area (Å²) in [6.45, 7) is 2.24. The summed E-state index contributed by atoms with van der Waals surface area (Å²) in [7, 11) is 0. The number of alkyl halides is 6. The van der Waals surface area contributed by atoms with Gasteiger partial charge in [0.1, 0.15) is 0 Å². The first-order valence-electron chi connectivity index (χ1n) is 8.30. The highest BCUT2D eigenvalue weighted by Gasteiger charge is 2.36. The second-order valence-corrected chi connectivity index (χ2v) is 6.13. The molecule has 0 spiro atoms. The molecular formula is C17H16F6N4O. The van der Waals surface area contributed by atoms with Gasteiger partial charge in [-0.25, -0.2) is 9.97 Å². The molecule has 0 amide bonds. The number of nitrogens with one attached hydrogen (secondary N) is 1. The third kappa shape index (κ3) is 5.03. The van der Waals surface area contributed by atoms with E-state index < -0.39 is 23.5 Å². The van der Waals surface area contributed by atoms with E-state index in [1.165, 1.54) is 12.4 Å². The summed E-state index contributed by atoms with van der Waals surface area (Å²) in [5.41, 5.74) is -2.14. The van der Waals surface area contributed by atoms with Crippen LogP contribution < -0.4 is 10.2 Å². The largest absolute Gasteiger partial charge is 0.416 e. The molecule has 1 fully saturated rings. The number of halogens is 6. The molecule has 1 aliphatic heterocycles. The van der Waals surface area contributed by atoms with Crippen LogP contribution in [-0.4, -0.2) is 36.3 Å². The molecule has 1 saturated heterocycles. The molecule has 11 heteroatoms. The van der Waals surface area contributed by atoms with Gasteiger partial charge in [0, 0.05) is 19.6 Å². The van der Waals surface area contributed by atoms with Gasteiger partial charge in [0.25, 0.3) is 0 Å². The van der Waals surface area contributed by atoms with Crippen LogP contribution in [0.25, 0.3) is 0 Å². The summed E-state index contributed by atoms with van der Waals surface area (Å²) >= 11 is 0. The quantitative estimate of drug-likeness (QED) is 0.779. The van der Waals surface area contributed by atoms with Gasteiger partial charge in [-0.05, 0) is 23.8 Å². The summed E-state index contributed by atoms with van der Waals surface area (Å²) in [6.07, 6.45) is -6.69. The molecule has 0 radical (unpaired) electrons. The Morgan fingerprint density at radius 3 is 1.93 bits per heavy atom. The molecule has 2 heterocycles. The molecule has 0 bridgehead atoms. The van der Waals surface area contributed by atoms with E-state index in [1.807, 2.05) is 4.90 Å². The minimum atomic E-state index is -4.88. The zero-order valence-electron chi connectivity index (χ0n) is 14.4. The van der Waals surface area contributed by atoms with Gasteiger partial charge in [0.15, 0.2) is 0 Å². The first-order valence-corrected chi connectivity index (χ1v) is 8.30. The number of morpholine rings is 1. The van der Waals surface area contributed by atoms with E-state index in [9.17, 15) is 26.3 Å². The number of benzene rings is 1. The van der Waals surface area contributed by atoms with E-state index in [-0.39, 0.29) is 24.1 Å². The number of rotatable bonds is 4. The van der Waals surface area contributed by atoms with E-state index in [0.717, 1.165) is 5.69 Å². The molecular weight excluding hydrogens is 390 g/mol. The maximum Gasteiger partial charge on any atom is 0.416 e. The van der Waals surface area contributed by atoms with Gasteiger partial charge < -0.3 is 15.0 Å². The van der Waals surface area contributed by atoms with Gasteiger partial charge in [0.05, 0.1) is 42.4 Å². The van der Waals surface area contributed by atoms with E-state index in [2.05, 4.69) is 15.3 Å². The summed E-state index contributed by atoms with van der Waals surface area (Å²) < 4.78 is 82.6. The highest BCUT2D eigenvalue weighted by molar-refractivity contribution is 5.45. The van der Waals surface area contributed by atoms with Gasteiger partial charge in [-0.2, -0.15) is 26.3 Å². The Morgan fingerprint density at radius 1 is 0.893 bits per heavy atom. The zero-order chi connectivity index (χ0) is 20.4. The molecule has 1 aliphatic rings. The number of hydrogen-bond acceptors (Lipinski definition) is 5. The smallest absolute Gasteiger partial charge is 0.378 e. The Balaban J connectivity index is 1.73. The predicted molar refractivity (Wildman–Crippen MR) is 88.8 cm³/mol. The normalized spacial score (nSPS) is 15.6. The Bertz CT molecular complexity index is 769. The molecule has 0 aliphatic carbocycles.